The predicted molar refractivity (Wildman–Crippen MR) is 96.1 cm³/mol. The molecule has 0 saturated heterocycles. The number of nitrogens with zero attached hydrogens (tertiary/aromatic N) is 1. The molecule has 0 unspecified atom stereocenters. The molecule has 4 rings (SSSR count). The van der Waals surface area contributed by atoms with Gasteiger partial charge in [0.2, 0.25) is 5.91 Å². The lowest BCUT2D eigenvalue weighted by Gasteiger charge is -2.29. The Labute approximate surface area is 144 Å². The first-order valence-electron chi connectivity index (χ1n) is 8.36. The number of aromatic nitrogens is 1. The number of benzene rings is 2. The highest BCUT2D eigenvalue weighted by atomic mass is 16.4. The number of amides is 1. The van der Waals surface area contributed by atoms with Gasteiger partial charge in [0.1, 0.15) is 5.69 Å². The molecular weight excluding hydrogens is 316 g/mol. The van der Waals surface area contributed by atoms with Gasteiger partial charge in [-0.25, -0.2) is 4.79 Å². The minimum absolute atomic E-state index is 0.0694. The van der Waals surface area contributed by atoms with Crippen LogP contribution in [0.4, 0.5) is 5.69 Å². The van der Waals surface area contributed by atoms with Crippen LogP contribution in [0.3, 0.4) is 0 Å². The van der Waals surface area contributed by atoms with E-state index in [2.05, 4.69) is 4.98 Å². The standard InChI is InChI=1S/C20H18N2O3/c23-18(22-11-5-7-13-6-1-4-10-17(13)22)12-15-14-8-2-3-9-16(14)21-19(15)20(24)25/h1-4,6,8-10,21H,5,7,11-12H2,(H,24,25). The van der Waals surface area contributed by atoms with E-state index in [1.165, 1.54) is 5.56 Å². The molecule has 1 amide bonds. The largest absolute Gasteiger partial charge is 0.477 e. The Morgan fingerprint density at radius 2 is 1.84 bits per heavy atom. The van der Waals surface area contributed by atoms with Gasteiger partial charge in [0.05, 0.1) is 6.42 Å². The molecule has 5 heteroatoms. The van der Waals surface area contributed by atoms with Crippen molar-refractivity contribution in [2.24, 2.45) is 0 Å². The molecule has 1 aliphatic heterocycles. The third-order valence-corrected chi connectivity index (χ3v) is 4.77. The normalized spacial score (nSPS) is 13.7. The van der Waals surface area contributed by atoms with Crippen LogP contribution in [0, 0.1) is 0 Å². The third kappa shape index (κ3) is 2.67. The van der Waals surface area contributed by atoms with E-state index >= 15 is 0 Å². The molecule has 2 N–H and O–H groups in total. The van der Waals surface area contributed by atoms with Crippen molar-refractivity contribution in [2.75, 3.05) is 11.4 Å². The van der Waals surface area contributed by atoms with Crippen LogP contribution in [0.1, 0.15) is 28.0 Å². The number of rotatable bonds is 3. The average Bonchev–Trinajstić information content (AvgIpc) is 3.00. The summed E-state index contributed by atoms with van der Waals surface area (Å²) in [5.74, 6) is -1.11. The molecule has 2 heterocycles. The Hall–Kier alpha value is -3.08. The number of carboxylic acids is 1. The van der Waals surface area contributed by atoms with Gasteiger partial charge in [-0.1, -0.05) is 36.4 Å². The smallest absolute Gasteiger partial charge is 0.352 e. The number of anilines is 1. The summed E-state index contributed by atoms with van der Waals surface area (Å²) in [5, 5.41) is 10.3. The lowest BCUT2D eigenvalue weighted by molar-refractivity contribution is -0.118. The van der Waals surface area contributed by atoms with E-state index in [0.29, 0.717) is 12.1 Å². The van der Waals surface area contributed by atoms with Gasteiger partial charge in [-0.05, 0) is 30.5 Å². The quantitative estimate of drug-likeness (QED) is 0.771. The summed E-state index contributed by atoms with van der Waals surface area (Å²) in [5.41, 5.74) is 3.49. The van der Waals surface area contributed by atoms with Gasteiger partial charge in [-0.15, -0.1) is 0 Å². The van der Waals surface area contributed by atoms with E-state index in [-0.39, 0.29) is 18.0 Å². The van der Waals surface area contributed by atoms with Crippen LogP contribution in [0.2, 0.25) is 0 Å². The van der Waals surface area contributed by atoms with Gasteiger partial charge in [-0.2, -0.15) is 0 Å². The molecule has 3 aromatic rings. The molecule has 0 saturated carbocycles. The van der Waals surface area contributed by atoms with Gasteiger partial charge in [0.15, 0.2) is 0 Å². The summed E-state index contributed by atoms with van der Waals surface area (Å²) < 4.78 is 0. The second kappa shape index (κ2) is 6.09. The molecule has 25 heavy (non-hydrogen) atoms. The van der Waals surface area contributed by atoms with Crippen molar-refractivity contribution >= 4 is 28.5 Å². The number of hydrogen-bond acceptors (Lipinski definition) is 2. The van der Waals surface area contributed by atoms with E-state index in [1.807, 2.05) is 48.5 Å². The number of carboxylic acid groups (broad SMARTS) is 1. The second-order valence-corrected chi connectivity index (χ2v) is 6.28. The van der Waals surface area contributed by atoms with Crippen LogP contribution in [-0.4, -0.2) is 28.5 Å². The first-order chi connectivity index (χ1) is 12.1. The van der Waals surface area contributed by atoms with Crippen LogP contribution in [-0.2, 0) is 17.6 Å². The number of aromatic carboxylic acids is 1. The molecule has 1 aromatic heterocycles. The Bertz CT molecular complexity index is 974. The lowest BCUT2D eigenvalue weighted by Crippen LogP contribution is -2.36. The molecule has 126 valence electrons. The Balaban J connectivity index is 1.72. The Kier molecular flexibility index (Phi) is 3.76. The third-order valence-electron chi connectivity index (χ3n) is 4.77. The molecular formula is C20H18N2O3. The van der Waals surface area contributed by atoms with E-state index in [1.54, 1.807) is 4.90 Å². The Morgan fingerprint density at radius 1 is 1.08 bits per heavy atom. The van der Waals surface area contributed by atoms with Crippen LogP contribution in [0.15, 0.2) is 48.5 Å². The first-order valence-corrected chi connectivity index (χ1v) is 8.36. The lowest BCUT2D eigenvalue weighted by atomic mass is 10.00. The Morgan fingerprint density at radius 3 is 2.68 bits per heavy atom. The van der Waals surface area contributed by atoms with Gasteiger partial charge in [0, 0.05) is 28.7 Å². The molecule has 1 aliphatic rings. The number of aromatic amines is 1. The number of H-pyrrole nitrogens is 1. The minimum atomic E-state index is -1.04. The number of fused-ring (bicyclic) bond motifs is 2. The molecule has 0 spiro atoms. The summed E-state index contributed by atoms with van der Waals surface area (Å²) in [6, 6.07) is 15.3. The topological polar surface area (TPSA) is 73.4 Å². The van der Waals surface area contributed by atoms with E-state index in [9.17, 15) is 14.7 Å². The average molecular weight is 334 g/mol. The highest BCUT2D eigenvalue weighted by molar-refractivity contribution is 6.03. The number of aryl methyl sites for hydroxylation is 1. The van der Waals surface area contributed by atoms with Crippen molar-refractivity contribution in [3.8, 4) is 0 Å². The first kappa shape index (κ1) is 15.4. The molecule has 0 fully saturated rings. The highest BCUT2D eigenvalue weighted by Gasteiger charge is 2.25. The number of nitrogens with one attached hydrogen (secondary N) is 1. The van der Waals surface area contributed by atoms with Gasteiger partial charge in [0.25, 0.3) is 0 Å². The van der Waals surface area contributed by atoms with E-state index in [0.717, 1.165) is 29.4 Å². The molecule has 0 radical (unpaired) electrons. The van der Waals surface area contributed by atoms with Crippen molar-refractivity contribution in [2.45, 2.75) is 19.3 Å². The van der Waals surface area contributed by atoms with Crippen LogP contribution >= 0.6 is 0 Å². The van der Waals surface area contributed by atoms with Crippen molar-refractivity contribution in [1.82, 2.24) is 4.98 Å². The molecule has 0 atom stereocenters. The summed E-state index contributed by atoms with van der Waals surface area (Å²) in [4.78, 5) is 29.3. The highest BCUT2D eigenvalue weighted by Crippen LogP contribution is 2.29. The van der Waals surface area contributed by atoms with E-state index < -0.39 is 5.97 Å². The SMILES string of the molecule is O=C(O)c1[nH]c2ccccc2c1CC(=O)N1CCCc2ccccc21. The zero-order chi connectivity index (χ0) is 17.4. The molecule has 0 bridgehead atoms. The number of para-hydroxylation sites is 2. The second-order valence-electron chi connectivity index (χ2n) is 6.28. The van der Waals surface area contributed by atoms with E-state index in [4.69, 9.17) is 0 Å². The van der Waals surface area contributed by atoms with Crippen LogP contribution in [0.25, 0.3) is 10.9 Å². The zero-order valence-electron chi connectivity index (χ0n) is 13.7. The fraction of sp³-hybridized carbons (Fsp3) is 0.200. The monoisotopic (exact) mass is 334 g/mol. The van der Waals surface area contributed by atoms with Crippen LogP contribution in [0.5, 0.6) is 0 Å². The molecule has 0 aliphatic carbocycles. The minimum Gasteiger partial charge on any atom is -0.477 e. The molecule has 2 aromatic carbocycles. The van der Waals surface area contributed by atoms with Crippen molar-refractivity contribution in [1.29, 1.82) is 0 Å². The van der Waals surface area contributed by atoms with Gasteiger partial charge >= 0.3 is 5.97 Å². The van der Waals surface area contributed by atoms with Crippen molar-refractivity contribution < 1.29 is 14.7 Å². The summed E-state index contributed by atoms with van der Waals surface area (Å²) in [6.45, 7) is 0.667. The summed E-state index contributed by atoms with van der Waals surface area (Å²) >= 11 is 0. The maximum atomic E-state index is 13.0. The maximum Gasteiger partial charge on any atom is 0.352 e. The number of hydrogen-bond donors (Lipinski definition) is 2. The number of carbonyl (C=O) groups excluding carboxylic acids is 1. The van der Waals surface area contributed by atoms with Gasteiger partial charge < -0.3 is 15.0 Å². The van der Waals surface area contributed by atoms with Crippen molar-refractivity contribution in [3.63, 3.8) is 0 Å². The van der Waals surface area contributed by atoms with Crippen molar-refractivity contribution in [3.05, 3.63) is 65.4 Å². The molecule has 5 nitrogen and oxygen atoms in total. The summed E-state index contributed by atoms with van der Waals surface area (Å²) in [6.07, 6.45) is 1.95. The fourth-order valence-electron chi connectivity index (χ4n) is 3.61. The maximum absolute atomic E-state index is 13.0. The zero-order valence-corrected chi connectivity index (χ0v) is 13.7. The predicted octanol–water partition coefficient (Wildman–Crippen LogP) is 3.39. The summed E-state index contributed by atoms with van der Waals surface area (Å²) in [7, 11) is 0. The van der Waals surface area contributed by atoms with Gasteiger partial charge in [-0.3, -0.25) is 4.79 Å². The number of carbonyl (C=O) groups is 2. The fourth-order valence-corrected chi connectivity index (χ4v) is 3.61. The van der Waals surface area contributed by atoms with Crippen LogP contribution < -0.4 is 4.90 Å².